The van der Waals surface area contributed by atoms with Crippen molar-refractivity contribution >= 4 is 17.5 Å². The second kappa shape index (κ2) is 20.0. The van der Waals surface area contributed by atoms with Gasteiger partial charge in [0.25, 0.3) is 5.69 Å². The van der Waals surface area contributed by atoms with Crippen molar-refractivity contribution in [1.82, 2.24) is 9.80 Å². The van der Waals surface area contributed by atoms with Gasteiger partial charge in [-0.3, -0.25) is 19.9 Å². The van der Waals surface area contributed by atoms with Crippen LogP contribution in [-0.4, -0.2) is 102 Å². The lowest BCUT2D eigenvalue weighted by atomic mass is 9.55. The normalized spacial score (nSPS) is 24.4. The summed E-state index contributed by atoms with van der Waals surface area (Å²) in [6, 6.07) is 15.9. The quantitative estimate of drug-likeness (QED) is 0.0361. The Labute approximate surface area is 355 Å². The van der Waals surface area contributed by atoms with Gasteiger partial charge in [0.05, 0.1) is 23.2 Å². The molecule has 3 aromatic rings. The van der Waals surface area contributed by atoms with E-state index in [1.54, 1.807) is 18.2 Å². The Morgan fingerprint density at radius 3 is 2.44 bits per heavy atom. The third kappa shape index (κ3) is 9.91. The van der Waals surface area contributed by atoms with Gasteiger partial charge in [0.1, 0.15) is 42.8 Å². The highest BCUT2D eigenvalue weighted by Gasteiger charge is 2.65. The molecule has 0 spiro atoms. The number of fused-ring (bicyclic) bond motifs is 2. The minimum Gasteiger partial charge on any atom is -0.492 e. The number of halogens is 1. The molecule has 15 heteroatoms. The first-order valence-electron chi connectivity index (χ1n) is 21.1. The molecule has 1 saturated heterocycles. The smallest absolute Gasteiger partial charge is 0.416 e. The standard InChI is InChI=1S/C46H55FN4O10/c1-3-25-59-46-42(50(30-31-10-12-33(47)13-11-31)45(54)60-35-16-14-34(15-17-35)51(55)56)29-40(48-57-2)38-27-32(8-4-6-23-52)37(9-5-7-24-53)43(44(38)46)39-28-36(18-19-41(39)61-46)58-26-22-49-20-21-49/h3,10-19,27-28,32,37,42-44,52-53H,1,4-9,20-26,29-30H2,2H3/t32-,37+,42-,43+,44+,46+/m0/s1. The average Bonchev–Trinajstić information content (AvgIpc) is 4.09. The van der Waals surface area contributed by atoms with E-state index in [0.29, 0.717) is 42.2 Å². The number of nitro groups is 1. The van der Waals surface area contributed by atoms with Gasteiger partial charge in [-0.05, 0) is 91.1 Å². The van der Waals surface area contributed by atoms with Crippen molar-refractivity contribution in [2.45, 2.75) is 69.2 Å². The highest BCUT2D eigenvalue weighted by molar-refractivity contribution is 6.03. The molecular weight excluding hydrogens is 788 g/mol. The molecule has 2 fully saturated rings. The van der Waals surface area contributed by atoms with Crippen molar-refractivity contribution < 1.29 is 48.1 Å². The Kier molecular flexibility index (Phi) is 14.3. The summed E-state index contributed by atoms with van der Waals surface area (Å²) in [5.74, 6) is -1.48. The van der Waals surface area contributed by atoms with Crippen LogP contribution in [0.1, 0.15) is 62.0 Å². The summed E-state index contributed by atoms with van der Waals surface area (Å²) in [6.45, 7) is 7.57. The molecule has 61 heavy (non-hydrogen) atoms. The summed E-state index contributed by atoms with van der Waals surface area (Å²) >= 11 is 0. The third-order valence-electron chi connectivity index (χ3n) is 12.2. The Balaban J connectivity index is 1.41. The molecule has 7 rings (SSSR count). The van der Waals surface area contributed by atoms with E-state index in [4.69, 9.17) is 23.8 Å². The number of ether oxygens (including phenoxy) is 4. The number of unbranched alkanes of at least 4 members (excludes halogenated alkanes) is 2. The molecule has 4 aliphatic rings. The number of aliphatic hydroxyl groups is 2. The number of amides is 1. The van der Waals surface area contributed by atoms with Gasteiger partial charge in [-0.25, -0.2) is 9.18 Å². The molecule has 2 heterocycles. The van der Waals surface area contributed by atoms with Crippen LogP contribution in [0.25, 0.3) is 0 Å². The van der Waals surface area contributed by atoms with Gasteiger partial charge in [-0.1, -0.05) is 42.3 Å². The predicted molar refractivity (Wildman–Crippen MR) is 225 cm³/mol. The Morgan fingerprint density at radius 2 is 1.77 bits per heavy atom. The maximum Gasteiger partial charge on any atom is 0.416 e. The van der Waals surface area contributed by atoms with Crippen molar-refractivity contribution in [2.75, 3.05) is 53.2 Å². The van der Waals surface area contributed by atoms with Crippen LogP contribution in [-0.2, 0) is 16.1 Å². The van der Waals surface area contributed by atoms with Crippen LogP contribution in [0.4, 0.5) is 14.9 Å². The van der Waals surface area contributed by atoms with Crippen LogP contribution >= 0.6 is 0 Å². The SMILES string of the molecule is C=CCO[C@@]12Oc3ccc(OCCN4CC4)cc3[C@H]3[C@H](CCCCO)[C@@H](CCCCO)C=C(C(=NOC)C[C@@H]1N(Cc1ccc(F)cc1)C(=O)Oc1ccc([N+](=O)[O-])cc1)[C@H]32. The molecule has 2 aliphatic heterocycles. The predicted octanol–water partition coefficient (Wildman–Crippen LogP) is 7.39. The zero-order valence-corrected chi connectivity index (χ0v) is 34.5. The van der Waals surface area contributed by atoms with Crippen molar-refractivity contribution in [3.63, 3.8) is 0 Å². The maximum absolute atomic E-state index is 14.8. The van der Waals surface area contributed by atoms with Gasteiger partial charge in [0.15, 0.2) is 0 Å². The molecule has 1 amide bonds. The van der Waals surface area contributed by atoms with Crippen molar-refractivity contribution in [1.29, 1.82) is 0 Å². The monoisotopic (exact) mass is 842 g/mol. The summed E-state index contributed by atoms with van der Waals surface area (Å²) in [5, 5.41) is 35.8. The largest absolute Gasteiger partial charge is 0.492 e. The minimum atomic E-state index is -1.58. The molecule has 14 nitrogen and oxygen atoms in total. The number of non-ortho nitro benzene ring substituents is 1. The van der Waals surface area contributed by atoms with Gasteiger partial charge in [0.2, 0.25) is 5.79 Å². The van der Waals surface area contributed by atoms with E-state index in [1.165, 1.54) is 48.4 Å². The summed E-state index contributed by atoms with van der Waals surface area (Å²) < 4.78 is 40.9. The number of aliphatic hydroxyl groups excluding tert-OH is 2. The fourth-order valence-electron chi connectivity index (χ4n) is 9.32. The number of oxime groups is 1. The summed E-state index contributed by atoms with van der Waals surface area (Å²) in [4.78, 5) is 35.0. The van der Waals surface area contributed by atoms with Crippen LogP contribution < -0.4 is 14.2 Å². The minimum absolute atomic E-state index is 0.00123. The van der Waals surface area contributed by atoms with Crippen LogP contribution in [0.2, 0.25) is 0 Å². The van der Waals surface area contributed by atoms with Crippen LogP contribution in [0.5, 0.6) is 17.2 Å². The first-order valence-corrected chi connectivity index (χ1v) is 21.1. The number of hydrogen-bond acceptors (Lipinski definition) is 12. The number of allylic oxidation sites excluding steroid dienone is 1. The van der Waals surface area contributed by atoms with E-state index in [1.807, 2.05) is 12.1 Å². The highest BCUT2D eigenvalue weighted by Crippen LogP contribution is 2.62. The van der Waals surface area contributed by atoms with Gasteiger partial charge in [-0.2, -0.15) is 0 Å². The second-order valence-corrected chi connectivity index (χ2v) is 16.0. The van der Waals surface area contributed by atoms with Gasteiger partial charge in [0, 0.05) is 69.4 Å². The fourth-order valence-corrected chi connectivity index (χ4v) is 9.32. The molecule has 6 atom stereocenters. The molecule has 3 aromatic carbocycles. The summed E-state index contributed by atoms with van der Waals surface area (Å²) in [7, 11) is 1.48. The van der Waals surface area contributed by atoms with E-state index in [-0.39, 0.29) is 62.0 Å². The number of rotatable bonds is 21. The first kappa shape index (κ1) is 43.7. The first-order chi connectivity index (χ1) is 29.7. The highest BCUT2D eigenvalue weighted by atomic mass is 19.1. The van der Waals surface area contributed by atoms with E-state index >= 15 is 0 Å². The molecule has 2 aliphatic carbocycles. The van der Waals surface area contributed by atoms with E-state index < -0.39 is 34.6 Å². The second-order valence-electron chi connectivity index (χ2n) is 16.0. The summed E-state index contributed by atoms with van der Waals surface area (Å²) in [6.07, 6.45) is 7.55. The average molecular weight is 843 g/mol. The molecule has 2 N–H and O–H groups in total. The molecular formula is C46H55FN4O10. The molecule has 0 aromatic heterocycles. The zero-order valence-electron chi connectivity index (χ0n) is 34.5. The fraction of sp³-hybridized carbons (Fsp3) is 0.478. The molecule has 1 saturated carbocycles. The zero-order chi connectivity index (χ0) is 42.9. The third-order valence-corrected chi connectivity index (χ3v) is 12.2. The molecule has 0 unspecified atom stereocenters. The number of carbonyl (C=O) groups is 1. The van der Waals surface area contributed by atoms with Gasteiger partial charge >= 0.3 is 6.09 Å². The lowest BCUT2D eigenvalue weighted by Crippen LogP contribution is -2.70. The van der Waals surface area contributed by atoms with E-state index in [0.717, 1.165) is 56.5 Å². The van der Waals surface area contributed by atoms with Crippen LogP contribution in [0.3, 0.4) is 0 Å². The Hall–Kier alpha value is -5.35. The Bertz CT molecular complexity index is 2060. The number of carbonyl (C=O) groups excluding carboxylic acids is 1. The molecule has 0 radical (unpaired) electrons. The van der Waals surface area contributed by atoms with Crippen molar-refractivity contribution in [2.24, 2.45) is 22.9 Å². The number of hydrogen-bond donors (Lipinski definition) is 2. The van der Waals surface area contributed by atoms with Crippen molar-refractivity contribution in [3.8, 4) is 17.2 Å². The Morgan fingerprint density at radius 1 is 1.05 bits per heavy atom. The van der Waals surface area contributed by atoms with Gasteiger partial charge in [-0.15, -0.1) is 6.58 Å². The van der Waals surface area contributed by atoms with Crippen LogP contribution in [0.15, 0.2) is 96.2 Å². The lowest BCUT2D eigenvalue weighted by molar-refractivity contribution is -0.384. The van der Waals surface area contributed by atoms with Gasteiger partial charge < -0.3 is 34.0 Å². The number of nitrogens with zero attached hydrogens (tertiary/aromatic N) is 4. The molecule has 0 bridgehead atoms. The van der Waals surface area contributed by atoms with E-state index in [2.05, 4.69) is 28.8 Å². The number of benzene rings is 3. The van der Waals surface area contributed by atoms with Crippen molar-refractivity contribution in [3.05, 3.63) is 118 Å². The maximum atomic E-state index is 14.8. The van der Waals surface area contributed by atoms with Crippen LogP contribution in [0, 0.1) is 33.7 Å². The lowest BCUT2D eigenvalue weighted by Gasteiger charge is -2.59. The topological polar surface area (TPSA) is 165 Å². The molecule has 326 valence electrons. The number of nitro benzene ring substituents is 1. The summed E-state index contributed by atoms with van der Waals surface area (Å²) in [5.41, 5.74) is 2.81. The van der Waals surface area contributed by atoms with E-state index in [9.17, 15) is 29.5 Å².